The Balaban J connectivity index is 1.96. The highest BCUT2D eigenvalue weighted by atomic mass is 35.5. The van der Waals surface area contributed by atoms with Crippen LogP contribution >= 0.6 is 11.6 Å². The van der Waals surface area contributed by atoms with E-state index in [4.69, 9.17) is 26.6 Å². The lowest BCUT2D eigenvalue weighted by Gasteiger charge is -2.02. The van der Waals surface area contributed by atoms with Crippen LogP contribution in [-0.4, -0.2) is 16.7 Å². The van der Waals surface area contributed by atoms with E-state index in [1.807, 2.05) is 19.1 Å². The molecule has 1 unspecified atom stereocenters. The standard InChI is InChI=1S/C12H14ClN3O2/c1-8(6-14)12-15-11(18-16-12)7-17-10-4-2-3-9(13)5-10/h2-5,8H,6-7,14H2,1H3. The van der Waals surface area contributed by atoms with Gasteiger partial charge in [0.05, 0.1) is 0 Å². The molecule has 0 aliphatic rings. The summed E-state index contributed by atoms with van der Waals surface area (Å²) in [5.74, 6) is 1.76. The normalized spacial score (nSPS) is 12.4. The summed E-state index contributed by atoms with van der Waals surface area (Å²) in [5, 5.41) is 4.47. The average Bonchev–Trinajstić information content (AvgIpc) is 2.84. The van der Waals surface area contributed by atoms with E-state index in [0.717, 1.165) is 0 Å². The molecule has 0 aliphatic heterocycles. The minimum atomic E-state index is 0.0775. The van der Waals surface area contributed by atoms with Gasteiger partial charge in [0.15, 0.2) is 12.4 Å². The predicted octanol–water partition coefficient (Wildman–Crippen LogP) is 2.36. The smallest absolute Gasteiger partial charge is 0.264 e. The van der Waals surface area contributed by atoms with E-state index in [0.29, 0.717) is 29.0 Å². The van der Waals surface area contributed by atoms with Crippen molar-refractivity contribution in [2.45, 2.75) is 19.4 Å². The van der Waals surface area contributed by atoms with Crippen molar-refractivity contribution < 1.29 is 9.26 Å². The van der Waals surface area contributed by atoms with Crippen molar-refractivity contribution in [1.29, 1.82) is 0 Å². The number of hydrogen-bond acceptors (Lipinski definition) is 5. The molecule has 0 amide bonds. The number of aromatic nitrogens is 2. The van der Waals surface area contributed by atoms with Crippen molar-refractivity contribution in [3.63, 3.8) is 0 Å². The summed E-state index contributed by atoms with van der Waals surface area (Å²) in [4.78, 5) is 4.20. The van der Waals surface area contributed by atoms with E-state index in [-0.39, 0.29) is 12.5 Å². The SMILES string of the molecule is CC(CN)c1noc(COc2cccc(Cl)c2)n1. The second-order valence-corrected chi connectivity index (χ2v) is 4.37. The highest BCUT2D eigenvalue weighted by Crippen LogP contribution is 2.18. The zero-order valence-electron chi connectivity index (χ0n) is 9.97. The zero-order chi connectivity index (χ0) is 13.0. The van der Waals surface area contributed by atoms with Crippen LogP contribution in [0.3, 0.4) is 0 Å². The molecule has 0 aliphatic carbocycles. The molecular formula is C12H14ClN3O2. The van der Waals surface area contributed by atoms with Crippen LogP contribution in [-0.2, 0) is 6.61 Å². The monoisotopic (exact) mass is 267 g/mol. The highest BCUT2D eigenvalue weighted by Gasteiger charge is 2.12. The van der Waals surface area contributed by atoms with Gasteiger partial charge in [0.2, 0.25) is 0 Å². The van der Waals surface area contributed by atoms with Crippen LogP contribution in [0.1, 0.15) is 24.6 Å². The maximum Gasteiger partial charge on any atom is 0.264 e. The summed E-state index contributed by atoms with van der Waals surface area (Å²) in [6.45, 7) is 2.63. The van der Waals surface area contributed by atoms with Gasteiger partial charge in [-0.2, -0.15) is 4.98 Å². The van der Waals surface area contributed by atoms with Crippen LogP contribution in [0.5, 0.6) is 5.75 Å². The van der Waals surface area contributed by atoms with Gasteiger partial charge in [0, 0.05) is 17.5 Å². The van der Waals surface area contributed by atoms with Crippen molar-refractivity contribution in [1.82, 2.24) is 10.1 Å². The van der Waals surface area contributed by atoms with E-state index in [1.54, 1.807) is 12.1 Å². The first kappa shape index (κ1) is 12.9. The molecule has 0 saturated carbocycles. The van der Waals surface area contributed by atoms with Crippen molar-refractivity contribution in [2.75, 3.05) is 6.54 Å². The quantitative estimate of drug-likeness (QED) is 0.900. The molecule has 0 bridgehead atoms. The number of halogens is 1. The van der Waals surface area contributed by atoms with E-state index < -0.39 is 0 Å². The molecule has 1 aromatic carbocycles. The summed E-state index contributed by atoms with van der Waals surface area (Å²) in [6.07, 6.45) is 0. The molecule has 5 nitrogen and oxygen atoms in total. The van der Waals surface area contributed by atoms with Gasteiger partial charge in [0.25, 0.3) is 5.89 Å². The number of rotatable bonds is 5. The lowest BCUT2D eigenvalue weighted by molar-refractivity contribution is 0.242. The molecule has 0 fully saturated rings. The van der Waals surface area contributed by atoms with Gasteiger partial charge in [-0.15, -0.1) is 0 Å². The second kappa shape index (κ2) is 5.84. The molecule has 0 saturated heterocycles. The van der Waals surface area contributed by atoms with Crippen molar-refractivity contribution in [3.05, 3.63) is 41.0 Å². The zero-order valence-corrected chi connectivity index (χ0v) is 10.7. The summed E-state index contributed by atoms with van der Waals surface area (Å²) in [5.41, 5.74) is 5.53. The number of benzene rings is 1. The van der Waals surface area contributed by atoms with Gasteiger partial charge in [-0.3, -0.25) is 0 Å². The fraction of sp³-hybridized carbons (Fsp3) is 0.333. The van der Waals surface area contributed by atoms with Crippen molar-refractivity contribution in [2.24, 2.45) is 5.73 Å². The molecule has 0 spiro atoms. The Labute approximate surface area is 110 Å². The third-order valence-corrected chi connectivity index (χ3v) is 2.67. The summed E-state index contributed by atoms with van der Waals surface area (Å²) >= 11 is 5.85. The van der Waals surface area contributed by atoms with Gasteiger partial charge in [-0.05, 0) is 18.2 Å². The molecule has 1 aromatic heterocycles. The molecule has 6 heteroatoms. The van der Waals surface area contributed by atoms with Crippen molar-refractivity contribution >= 4 is 11.6 Å². The number of nitrogens with two attached hydrogens (primary N) is 1. The Hall–Kier alpha value is -1.59. The fourth-order valence-corrected chi connectivity index (χ4v) is 1.51. The summed E-state index contributed by atoms with van der Waals surface area (Å²) in [6, 6.07) is 7.13. The van der Waals surface area contributed by atoms with Crippen LogP contribution in [0.25, 0.3) is 0 Å². The third-order valence-electron chi connectivity index (χ3n) is 2.44. The summed E-state index contributed by atoms with van der Waals surface area (Å²) in [7, 11) is 0. The molecule has 96 valence electrons. The molecule has 2 N–H and O–H groups in total. The Morgan fingerprint density at radius 3 is 3.06 bits per heavy atom. The maximum atomic E-state index is 5.85. The van der Waals surface area contributed by atoms with Crippen LogP contribution in [0.2, 0.25) is 5.02 Å². The van der Waals surface area contributed by atoms with Gasteiger partial charge in [-0.1, -0.05) is 29.7 Å². The Morgan fingerprint density at radius 2 is 2.33 bits per heavy atom. The predicted molar refractivity (Wildman–Crippen MR) is 67.6 cm³/mol. The number of hydrogen-bond donors (Lipinski definition) is 1. The van der Waals surface area contributed by atoms with Crippen molar-refractivity contribution in [3.8, 4) is 5.75 Å². The van der Waals surface area contributed by atoms with Gasteiger partial charge in [0.1, 0.15) is 5.75 Å². The first-order chi connectivity index (χ1) is 8.69. The Morgan fingerprint density at radius 1 is 1.50 bits per heavy atom. The molecule has 18 heavy (non-hydrogen) atoms. The minimum Gasteiger partial charge on any atom is -0.484 e. The van der Waals surface area contributed by atoms with E-state index in [2.05, 4.69) is 10.1 Å². The van der Waals surface area contributed by atoms with E-state index in [9.17, 15) is 0 Å². The topological polar surface area (TPSA) is 74.2 Å². The van der Waals surface area contributed by atoms with E-state index >= 15 is 0 Å². The lowest BCUT2D eigenvalue weighted by Crippen LogP contribution is -2.10. The fourth-order valence-electron chi connectivity index (χ4n) is 1.33. The largest absolute Gasteiger partial charge is 0.484 e. The first-order valence-electron chi connectivity index (χ1n) is 5.60. The van der Waals surface area contributed by atoms with Crippen LogP contribution in [0.15, 0.2) is 28.8 Å². The first-order valence-corrected chi connectivity index (χ1v) is 5.97. The van der Waals surface area contributed by atoms with Gasteiger partial charge < -0.3 is 15.0 Å². The van der Waals surface area contributed by atoms with Crippen LogP contribution in [0, 0.1) is 0 Å². The second-order valence-electron chi connectivity index (χ2n) is 3.93. The van der Waals surface area contributed by atoms with E-state index in [1.165, 1.54) is 0 Å². The highest BCUT2D eigenvalue weighted by molar-refractivity contribution is 6.30. The Kier molecular flexibility index (Phi) is 4.17. The van der Waals surface area contributed by atoms with Gasteiger partial charge in [-0.25, -0.2) is 0 Å². The Bertz CT molecular complexity index is 516. The maximum absolute atomic E-state index is 5.85. The molecule has 1 heterocycles. The molecular weight excluding hydrogens is 254 g/mol. The third kappa shape index (κ3) is 3.21. The average molecular weight is 268 g/mol. The molecule has 2 aromatic rings. The summed E-state index contributed by atoms with van der Waals surface area (Å²) < 4.78 is 10.6. The molecule has 1 atom stereocenters. The number of ether oxygens (including phenoxy) is 1. The molecule has 2 rings (SSSR count). The van der Waals surface area contributed by atoms with Crippen LogP contribution in [0.4, 0.5) is 0 Å². The van der Waals surface area contributed by atoms with Gasteiger partial charge >= 0.3 is 0 Å². The molecule has 0 radical (unpaired) electrons. The lowest BCUT2D eigenvalue weighted by atomic mass is 10.2. The van der Waals surface area contributed by atoms with Crippen LogP contribution < -0.4 is 10.5 Å². The number of nitrogens with zero attached hydrogens (tertiary/aromatic N) is 2. The minimum absolute atomic E-state index is 0.0775.